The van der Waals surface area contributed by atoms with Crippen molar-refractivity contribution in [1.29, 1.82) is 0 Å². The molecule has 1 aliphatic carbocycles. The highest BCUT2D eigenvalue weighted by molar-refractivity contribution is 5.68. The molecule has 0 fully saturated rings. The molecule has 0 aliphatic heterocycles. The molecule has 22 heavy (non-hydrogen) atoms. The summed E-state index contributed by atoms with van der Waals surface area (Å²) < 4.78 is 5.33. The van der Waals surface area contributed by atoms with Crippen molar-refractivity contribution in [2.24, 2.45) is 5.73 Å². The molecule has 0 saturated heterocycles. The zero-order chi connectivity index (χ0) is 16.5. The summed E-state index contributed by atoms with van der Waals surface area (Å²) in [5.41, 5.74) is 9.18. The third kappa shape index (κ3) is 4.47. The molecule has 0 spiro atoms. The van der Waals surface area contributed by atoms with Crippen molar-refractivity contribution in [2.75, 3.05) is 0 Å². The number of aryl methyl sites for hydroxylation is 1. The number of carbonyl (C=O) groups excluding carboxylic acids is 1. The van der Waals surface area contributed by atoms with Gasteiger partial charge in [-0.25, -0.2) is 4.79 Å². The third-order valence-corrected chi connectivity index (χ3v) is 3.90. The molecule has 0 aromatic heterocycles. The predicted molar refractivity (Wildman–Crippen MR) is 88.8 cm³/mol. The van der Waals surface area contributed by atoms with Crippen molar-refractivity contribution in [3.8, 4) is 0 Å². The van der Waals surface area contributed by atoms with Gasteiger partial charge < -0.3 is 15.8 Å². The molecule has 1 amide bonds. The molecule has 0 heterocycles. The second-order valence-electron chi connectivity index (χ2n) is 7.79. The van der Waals surface area contributed by atoms with E-state index in [0.29, 0.717) is 0 Å². The predicted octanol–water partition coefficient (Wildman–Crippen LogP) is 3.26. The van der Waals surface area contributed by atoms with Crippen LogP contribution >= 0.6 is 0 Å². The molecule has 1 aromatic rings. The normalized spacial score (nSPS) is 18.5. The minimum atomic E-state index is -0.460. The molecule has 4 heteroatoms. The molecule has 0 bridgehead atoms. The van der Waals surface area contributed by atoms with Crippen LogP contribution in [0.3, 0.4) is 0 Å². The van der Waals surface area contributed by atoms with Gasteiger partial charge in [-0.05, 0) is 70.6 Å². The summed E-state index contributed by atoms with van der Waals surface area (Å²) in [5, 5.41) is 2.98. The average molecular weight is 304 g/mol. The van der Waals surface area contributed by atoms with Crippen LogP contribution in [0.5, 0.6) is 0 Å². The number of alkyl carbamates (subject to hydrolysis) is 1. The van der Waals surface area contributed by atoms with Gasteiger partial charge >= 0.3 is 6.09 Å². The second-order valence-corrected chi connectivity index (χ2v) is 7.79. The van der Waals surface area contributed by atoms with E-state index in [1.165, 1.54) is 11.1 Å². The van der Waals surface area contributed by atoms with Crippen molar-refractivity contribution >= 4 is 6.09 Å². The monoisotopic (exact) mass is 304 g/mol. The summed E-state index contributed by atoms with van der Waals surface area (Å²) in [6.45, 7) is 9.66. The second kappa shape index (κ2) is 5.92. The maximum absolute atomic E-state index is 11.9. The number of hydrogen-bond acceptors (Lipinski definition) is 3. The van der Waals surface area contributed by atoms with Crippen LogP contribution in [0.2, 0.25) is 0 Å². The van der Waals surface area contributed by atoms with Gasteiger partial charge in [-0.15, -0.1) is 0 Å². The molecule has 3 N–H and O–H groups in total. The van der Waals surface area contributed by atoms with Crippen molar-refractivity contribution in [1.82, 2.24) is 5.32 Å². The maximum atomic E-state index is 11.9. The van der Waals surface area contributed by atoms with E-state index in [9.17, 15) is 4.79 Å². The van der Waals surface area contributed by atoms with Gasteiger partial charge in [0.1, 0.15) is 5.60 Å². The first-order valence-corrected chi connectivity index (χ1v) is 7.95. The SMILES string of the molecule is CC(C)(C)OC(=O)NC1CCc2cc(C(C)(C)N)ccc2C1. The van der Waals surface area contributed by atoms with E-state index < -0.39 is 5.60 Å². The van der Waals surface area contributed by atoms with Gasteiger partial charge in [-0.3, -0.25) is 0 Å². The van der Waals surface area contributed by atoms with Gasteiger partial charge in [0.2, 0.25) is 0 Å². The molecule has 1 aliphatic rings. The zero-order valence-electron chi connectivity index (χ0n) is 14.3. The zero-order valence-corrected chi connectivity index (χ0v) is 14.3. The fraction of sp³-hybridized carbons (Fsp3) is 0.611. The highest BCUT2D eigenvalue weighted by Crippen LogP contribution is 2.26. The Bertz CT molecular complexity index is 553. The Morgan fingerprint density at radius 3 is 2.50 bits per heavy atom. The number of ether oxygens (including phenoxy) is 1. The van der Waals surface area contributed by atoms with E-state index in [1.807, 2.05) is 34.6 Å². The maximum Gasteiger partial charge on any atom is 0.407 e. The molecule has 0 saturated carbocycles. The number of fused-ring (bicyclic) bond motifs is 1. The Morgan fingerprint density at radius 2 is 1.91 bits per heavy atom. The highest BCUT2D eigenvalue weighted by Gasteiger charge is 2.24. The van der Waals surface area contributed by atoms with Gasteiger partial charge in [0, 0.05) is 11.6 Å². The lowest BCUT2D eigenvalue weighted by Gasteiger charge is -2.29. The van der Waals surface area contributed by atoms with Crippen LogP contribution in [-0.2, 0) is 23.1 Å². The number of nitrogens with two attached hydrogens (primary N) is 1. The molecular weight excluding hydrogens is 276 g/mol. The van der Waals surface area contributed by atoms with Crippen LogP contribution in [0.25, 0.3) is 0 Å². The number of amides is 1. The lowest BCUT2D eigenvalue weighted by molar-refractivity contribution is 0.0500. The van der Waals surface area contributed by atoms with E-state index in [1.54, 1.807) is 0 Å². The van der Waals surface area contributed by atoms with Crippen LogP contribution in [0.1, 0.15) is 57.7 Å². The van der Waals surface area contributed by atoms with Gasteiger partial charge in [-0.2, -0.15) is 0 Å². The van der Waals surface area contributed by atoms with Gasteiger partial charge in [-0.1, -0.05) is 18.2 Å². The first-order valence-electron chi connectivity index (χ1n) is 7.95. The summed E-state index contributed by atoms with van der Waals surface area (Å²) in [6, 6.07) is 6.58. The molecule has 1 aromatic carbocycles. The summed E-state index contributed by atoms with van der Waals surface area (Å²) in [6.07, 6.45) is 2.40. The molecule has 122 valence electrons. The summed E-state index contributed by atoms with van der Waals surface area (Å²) in [7, 11) is 0. The standard InChI is InChI=1S/C18H28N2O2/c1-17(2,3)22-16(21)20-15-9-7-12-10-14(18(4,5)19)8-6-13(12)11-15/h6,8,10,15H,7,9,11,19H2,1-5H3,(H,20,21). The fourth-order valence-electron chi connectivity index (χ4n) is 2.75. The van der Waals surface area contributed by atoms with Crippen LogP contribution in [0.15, 0.2) is 18.2 Å². The quantitative estimate of drug-likeness (QED) is 0.881. The van der Waals surface area contributed by atoms with E-state index in [0.717, 1.165) is 24.8 Å². The van der Waals surface area contributed by atoms with Crippen LogP contribution in [0.4, 0.5) is 4.79 Å². The molecule has 2 rings (SSSR count). The largest absolute Gasteiger partial charge is 0.444 e. The van der Waals surface area contributed by atoms with E-state index >= 15 is 0 Å². The molecule has 0 radical (unpaired) electrons. The van der Waals surface area contributed by atoms with Crippen molar-refractivity contribution in [3.63, 3.8) is 0 Å². The van der Waals surface area contributed by atoms with Gasteiger partial charge in [0.05, 0.1) is 0 Å². The van der Waals surface area contributed by atoms with E-state index in [-0.39, 0.29) is 17.7 Å². The lowest BCUT2D eigenvalue weighted by atomic mass is 9.84. The van der Waals surface area contributed by atoms with E-state index in [4.69, 9.17) is 10.5 Å². The Labute approximate surface area is 133 Å². The first-order chi connectivity index (χ1) is 10.0. The topological polar surface area (TPSA) is 64.3 Å². The smallest absolute Gasteiger partial charge is 0.407 e. The van der Waals surface area contributed by atoms with Crippen LogP contribution in [0, 0.1) is 0 Å². The average Bonchev–Trinajstić information content (AvgIpc) is 2.34. The van der Waals surface area contributed by atoms with Crippen molar-refractivity contribution < 1.29 is 9.53 Å². The van der Waals surface area contributed by atoms with Crippen LogP contribution < -0.4 is 11.1 Å². The number of hydrogen-bond donors (Lipinski definition) is 2. The van der Waals surface area contributed by atoms with Crippen molar-refractivity contribution in [2.45, 2.75) is 71.1 Å². The Kier molecular flexibility index (Phi) is 4.52. The number of carbonyl (C=O) groups is 1. The highest BCUT2D eigenvalue weighted by atomic mass is 16.6. The Morgan fingerprint density at radius 1 is 1.23 bits per heavy atom. The Balaban J connectivity index is 2.02. The third-order valence-electron chi connectivity index (χ3n) is 3.90. The summed E-state index contributed by atoms with van der Waals surface area (Å²) in [5.74, 6) is 0. The number of nitrogens with one attached hydrogen (secondary N) is 1. The molecule has 1 unspecified atom stereocenters. The summed E-state index contributed by atoms with van der Waals surface area (Å²) >= 11 is 0. The molecule has 1 atom stereocenters. The van der Waals surface area contributed by atoms with Crippen LogP contribution in [-0.4, -0.2) is 17.7 Å². The minimum absolute atomic E-state index is 0.138. The Hall–Kier alpha value is -1.55. The number of rotatable bonds is 2. The lowest BCUT2D eigenvalue weighted by Crippen LogP contribution is -2.42. The number of benzene rings is 1. The van der Waals surface area contributed by atoms with Gasteiger partial charge in [0.25, 0.3) is 0 Å². The summed E-state index contributed by atoms with van der Waals surface area (Å²) in [4.78, 5) is 11.9. The van der Waals surface area contributed by atoms with Crippen molar-refractivity contribution in [3.05, 3.63) is 34.9 Å². The minimum Gasteiger partial charge on any atom is -0.444 e. The first kappa shape index (κ1) is 16.8. The fourth-order valence-corrected chi connectivity index (χ4v) is 2.75. The van der Waals surface area contributed by atoms with E-state index in [2.05, 4.69) is 23.5 Å². The molecule has 4 nitrogen and oxygen atoms in total. The molecular formula is C18H28N2O2. The van der Waals surface area contributed by atoms with Gasteiger partial charge in [0.15, 0.2) is 0 Å².